The topological polar surface area (TPSA) is 108 Å². The van der Waals surface area contributed by atoms with E-state index in [0.717, 1.165) is 25.9 Å². The van der Waals surface area contributed by atoms with Crippen molar-refractivity contribution in [2.45, 2.75) is 19.4 Å². The first-order valence-electron chi connectivity index (χ1n) is 5.94. The van der Waals surface area contributed by atoms with Crippen LogP contribution in [-0.2, 0) is 6.54 Å². The molecule has 3 heterocycles. The monoisotopic (exact) mass is 281 g/mol. The summed E-state index contributed by atoms with van der Waals surface area (Å²) in [6.45, 7) is 2.27. The van der Waals surface area contributed by atoms with Gasteiger partial charge in [-0.2, -0.15) is 20.2 Å². The van der Waals surface area contributed by atoms with Crippen LogP contribution in [0.5, 0.6) is 0 Å². The molecule has 2 aromatic heterocycles. The highest BCUT2D eigenvalue weighted by Gasteiger charge is 2.17. The van der Waals surface area contributed by atoms with Crippen LogP contribution in [-0.4, -0.2) is 48.7 Å². The van der Waals surface area contributed by atoms with Gasteiger partial charge in [-0.25, -0.2) is 0 Å². The Bertz CT molecular complexity index is 537. The average Bonchev–Trinajstić information content (AvgIpc) is 3.09. The Kier molecular flexibility index (Phi) is 3.36. The van der Waals surface area contributed by atoms with Crippen LogP contribution in [0.2, 0.25) is 5.28 Å². The second-order valence-corrected chi connectivity index (χ2v) is 4.44. The standard InChI is InChI=1S/C9H12ClN9/c10-7-12-8(11-5-6-15-17-18-16-6)14-9(13-7)19-3-1-2-4-19/h1-5H2,(H,11,12,13,14)(H,15,16,17,18). The molecule has 3 rings (SSSR count). The lowest BCUT2D eigenvalue weighted by Gasteiger charge is -2.15. The molecule has 2 aromatic rings. The van der Waals surface area contributed by atoms with Crippen LogP contribution >= 0.6 is 11.6 Å². The summed E-state index contributed by atoms with van der Waals surface area (Å²) in [6.07, 6.45) is 2.30. The lowest BCUT2D eigenvalue weighted by Crippen LogP contribution is -2.21. The van der Waals surface area contributed by atoms with E-state index in [4.69, 9.17) is 11.6 Å². The number of H-pyrrole nitrogens is 1. The van der Waals surface area contributed by atoms with E-state index in [-0.39, 0.29) is 5.28 Å². The first-order valence-corrected chi connectivity index (χ1v) is 6.32. The highest BCUT2D eigenvalue weighted by Crippen LogP contribution is 2.18. The Morgan fingerprint density at radius 2 is 2.05 bits per heavy atom. The first-order chi connectivity index (χ1) is 9.31. The van der Waals surface area contributed by atoms with Crippen LogP contribution in [0.4, 0.5) is 11.9 Å². The number of nitrogens with zero attached hydrogens (tertiary/aromatic N) is 7. The molecule has 1 fully saturated rings. The summed E-state index contributed by atoms with van der Waals surface area (Å²) >= 11 is 5.91. The predicted molar refractivity (Wildman–Crippen MR) is 67.8 cm³/mol. The van der Waals surface area contributed by atoms with E-state index in [1.807, 2.05) is 0 Å². The van der Waals surface area contributed by atoms with Gasteiger partial charge in [0.2, 0.25) is 17.2 Å². The Hall–Kier alpha value is -2.03. The molecule has 0 amide bonds. The summed E-state index contributed by atoms with van der Waals surface area (Å²) in [4.78, 5) is 14.6. The van der Waals surface area contributed by atoms with Gasteiger partial charge in [0.1, 0.15) is 0 Å². The summed E-state index contributed by atoms with van der Waals surface area (Å²) in [5.74, 6) is 1.54. The zero-order valence-electron chi connectivity index (χ0n) is 10.0. The molecular formula is C9H12ClN9. The van der Waals surface area contributed by atoms with Gasteiger partial charge in [-0.05, 0) is 24.4 Å². The summed E-state index contributed by atoms with van der Waals surface area (Å²) < 4.78 is 0. The molecule has 2 N–H and O–H groups in total. The van der Waals surface area contributed by atoms with Gasteiger partial charge >= 0.3 is 0 Å². The van der Waals surface area contributed by atoms with Gasteiger partial charge in [0.15, 0.2) is 5.82 Å². The molecule has 1 saturated heterocycles. The number of hydrogen-bond acceptors (Lipinski definition) is 8. The van der Waals surface area contributed by atoms with Gasteiger partial charge in [-0.15, -0.1) is 10.2 Å². The van der Waals surface area contributed by atoms with Crippen molar-refractivity contribution in [3.8, 4) is 0 Å². The molecular weight excluding hydrogens is 270 g/mol. The molecule has 1 aliphatic heterocycles. The van der Waals surface area contributed by atoms with E-state index >= 15 is 0 Å². The lowest BCUT2D eigenvalue weighted by atomic mass is 10.4. The minimum atomic E-state index is 0.174. The molecule has 0 radical (unpaired) electrons. The maximum Gasteiger partial charge on any atom is 0.231 e. The molecule has 0 atom stereocenters. The van der Waals surface area contributed by atoms with Gasteiger partial charge in [0.25, 0.3) is 0 Å². The highest BCUT2D eigenvalue weighted by atomic mass is 35.5. The minimum absolute atomic E-state index is 0.174. The number of aromatic amines is 1. The van der Waals surface area contributed by atoms with Crippen molar-refractivity contribution in [1.29, 1.82) is 0 Å². The fourth-order valence-corrected chi connectivity index (χ4v) is 2.05. The number of halogens is 1. The lowest BCUT2D eigenvalue weighted by molar-refractivity contribution is 0.868. The van der Waals surface area contributed by atoms with Gasteiger partial charge in [-0.3, -0.25) is 0 Å². The fourth-order valence-electron chi connectivity index (χ4n) is 1.89. The van der Waals surface area contributed by atoms with Crippen LogP contribution in [0.15, 0.2) is 0 Å². The summed E-state index contributed by atoms with van der Waals surface area (Å²) in [7, 11) is 0. The third-order valence-corrected chi connectivity index (χ3v) is 2.95. The molecule has 0 aromatic carbocycles. The summed E-state index contributed by atoms with van der Waals surface area (Å²) in [6, 6.07) is 0. The van der Waals surface area contributed by atoms with Crippen molar-refractivity contribution < 1.29 is 0 Å². The molecule has 0 spiro atoms. The number of tetrazole rings is 1. The quantitative estimate of drug-likeness (QED) is 0.821. The average molecular weight is 282 g/mol. The van der Waals surface area contributed by atoms with Crippen molar-refractivity contribution in [1.82, 2.24) is 35.6 Å². The van der Waals surface area contributed by atoms with E-state index in [1.54, 1.807) is 0 Å². The van der Waals surface area contributed by atoms with Crippen molar-refractivity contribution >= 4 is 23.5 Å². The smallest absolute Gasteiger partial charge is 0.231 e. The summed E-state index contributed by atoms with van der Waals surface area (Å²) in [5.41, 5.74) is 0. The Labute approximate surface area is 113 Å². The van der Waals surface area contributed by atoms with E-state index in [1.165, 1.54) is 0 Å². The van der Waals surface area contributed by atoms with Crippen LogP contribution in [0.3, 0.4) is 0 Å². The third kappa shape index (κ3) is 2.87. The molecule has 1 aliphatic rings. The number of hydrogen-bond donors (Lipinski definition) is 2. The predicted octanol–water partition coefficient (Wildman–Crippen LogP) is 0.250. The zero-order valence-corrected chi connectivity index (χ0v) is 10.8. The number of rotatable bonds is 4. The molecule has 10 heteroatoms. The number of aromatic nitrogens is 7. The molecule has 100 valence electrons. The van der Waals surface area contributed by atoms with E-state index < -0.39 is 0 Å². The second-order valence-electron chi connectivity index (χ2n) is 4.10. The Morgan fingerprint density at radius 3 is 2.79 bits per heavy atom. The first kappa shape index (κ1) is 12.0. The minimum Gasteiger partial charge on any atom is -0.347 e. The van der Waals surface area contributed by atoms with Gasteiger partial charge in [0, 0.05) is 13.1 Å². The summed E-state index contributed by atoms with van der Waals surface area (Å²) in [5, 5.41) is 16.7. The van der Waals surface area contributed by atoms with Crippen molar-refractivity contribution in [2.75, 3.05) is 23.3 Å². The zero-order chi connectivity index (χ0) is 13.1. The molecule has 19 heavy (non-hydrogen) atoms. The number of anilines is 2. The normalized spacial score (nSPS) is 14.9. The maximum absolute atomic E-state index is 5.91. The molecule has 9 nitrogen and oxygen atoms in total. The largest absolute Gasteiger partial charge is 0.347 e. The SMILES string of the molecule is Clc1nc(NCc2nn[nH]n2)nc(N2CCCC2)n1. The van der Waals surface area contributed by atoms with Gasteiger partial charge in [-0.1, -0.05) is 5.21 Å². The van der Waals surface area contributed by atoms with Crippen molar-refractivity contribution in [2.24, 2.45) is 0 Å². The van der Waals surface area contributed by atoms with Crippen LogP contribution < -0.4 is 10.2 Å². The van der Waals surface area contributed by atoms with Gasteiger partial charge < -0.3 is 10.2 Å². The van der Waals surface area contributed by atoms with Crippen LogP contribution in [0, 0.1) is 0 Å². The van der Waals surface area contributed by atoms with E-state index in [2.05, 4.69) is 45.8 Å². The van der Waals surface area contributed by atoms with Gasteiger partial charge in [0.05, 0.1) is 6.54 Å². The van der Waals surface area contributed by atoms with E-state index in [0.29, 0.717) is 24.3 Å². The fraction of sp³-hybridized carbons (Fsp3) is 0.556. The molecule has 0 aliphatic carbocycles. The van der Waals surface area contributed by atoms with Crippen molar-refractivity contribution in [3.63, 3.8) is 0 Å². The Morgan fingerprint density at radius 1 is 1.21 bits per heavy atom. The van der Waals surface area contributed by atoms with Crippen LogP contribution in [0.25, 0.3) is 0 Å². The second kappa shape index (κ2) is 5.31. The third-order valence-electron chi connectivity index (χ3n) is 2.78. The maximum atomic E-state index is 5.91. The van der Waals surface area contributed by atoms with E-state index in [9.17, 15) is 0 Å². The highest BCUT2D eigenvalue weighted by molar-refractivity contribution is 6.28. The number of nitrogens with one attached hydrogen (secondary N) is 2. The Balaban J connectivity index is 1.73. The molecule has 0 unspecified atom stereocenters. The molecule has 0 saturated carbocycles. The van der Waals surface area contributed by atoms with Crippen molar-refractivity contribution in [3.05, 3.63) is 11.1 Å². The molecule has 0 bridgehead atoms. The van der Waals surface area contributed by atoms with Crippen LogP contribution in [0.1, 0.15) is 18.7 Å².